The van der Waals surface area contributed by atoms with Gasteiger partial charge in [0.2, 0.25) is 0 Å². The molecule has 0 saturated carbocycles. The van der Waals surface area contributed by atoms with Crippen molar-refractivity contribution < 1.29 is 0 Å². The summed E-state index contributed by atoms with van der Waals surface area (Å²) in [7, 11) is 0. The Morgan fingerprint density at radius 3 is 2.88 bits per heavy atom. The molecular weight excluding hydrogens is 236 g/mol. The highest BCUT2D eigenvalue weighted by molar-refractivity contribution is 7.98. The Kier molecular flexibility index (Phi) is 3.21. The first-order valence-electron chi connectivity index (χ1n) is 4.74. The highest BCUT2D eigenvalue weighted by atomic mass is 32.2. The summed E-state index contributed by atoms with van der Waals surface area (Å²) in [6.45, 7) is 0. The van der Waals surface area contributed by atoms with Crippen molar-refractivity contribution in [2.75, 3.05) is 6.26 Å². The number of H-pyrrole nitrogens is 1. The lowest BCUT2D eigenvalue weighted by molar-refractivity contribution is 1.06. The summed E-state index contributed by atoms with van der Waals surface area (Å²) in [6, 6.07) is 3.36. The number of aromatic amines is 1. The van der Waals surface area contributed by atoms with Gasteiger partial charge in [-0.25, -0.2) is 4.98 Å². The zero-order valence-corrected chi connectivity index (χ0v) is 9.78. The first-order chi connectivity index (χ1) is 8.26. The summed E-state index contributed by atoms with van der Waals surface area (Å²) in [5, 5.41) is 9.56. The first-order valence-corrected chi connectivity index (χ1v) is 5.97. The van der Waals surface area contributed by atoms with Gasteiger partial charge in [0.05, 0.1) is 0 Å². The van der Waals surface area contributed by atoms with Crippen molar-refractivity contribution in [3.63, 3.8) is 0 Å². The minimum absolute atomic E-state index is 0.0696. The van der Waals surface area contributed by atoms with E-state index in [0.717, 1.165) is 5.03 Å². The molecule has 0 aliphatic heterocycles. The number of rotatable bonds is 2. The van der Waals surface area contributed by atoms with Crippen LogP contribution in [0.15, 0.2) is 34.5 Å². The molecule has 5 nitrogen and oxygen atoms in total. The van der Waals surface area contributed by atoms with Crippen molar-refractivity contribution in [2.24, 2.45) is 0 Å². The molecule has 0 unspecified atom stereocenters. The van der Waals surface area contributed by atoms with Gasteiger partial charge >= 0.3 is 0 Å². The normalized spacial score (nSPS) is 9.88. The largest absolute Gasteiger partial charge is 0.327 e. The molecule has 0 aliphatic carbocycles. The van der Waals surface area contributed by atoms with Crippen LogP contribution in [0.5, 0.6) is 0 Å². The van der Waals surface area contributed by atoms with Crippen molar-refractivity contribution in [3.8, 4) is 17.3 Å². The molecule has 84 valence electrons. The number of hydrogen-bond donors (Lipinski definition) is 1. The fraction of sp³-hybridized carbons (Fsp3) is 0.0909. The van der Waals surface area contributed by atoms with Gasteiger partial charge < -0.3 is 4.98 Å². The summed E-state index contributed by atoms with van der Waals surface area (Å²) in [4.78, 5) is 22.2. The Labute approximate surface area is 102 Å². The Balaban J connectivity index is 2.62. The third-order valence-corrected chi connectivity index (χ3v) is 2.84. The molecule has 0 radical (unpaired) electrons. The number of nitrogens with zero attached hydrogens (tertiary/aromatic N) is 3. The van der Waals surface area contributed by atoms with Crippen LogP contribution >= 0.6 is 11.8 Å². The van der Waals surface area contributed by atoms with Crippen molar-refractivity contribution in [3.05, 3.63) is 40.6 Å². The Bertz CT molecular complexity index is 644. The molecule has 2 aromatic heterocycles. The lowest BCUT2D eigenvalue weighted by Gasteiger charge is -2.04. The van der Waals surface area contributed by atoms with E-state index in [4.69, 9.17) is 5.26 Å². The SMILES string of the molecule is CSc1nccnc1-c1c[nH]c(=O)c(C#N)c1. The predicted octanol–water partition coefficient (Wildman–Crippen LogP) is 1.43. The van der Waals surface area contributed by atoms with Crippen LogP contribution in [0.4, 0.5) is 0 Å². The number of thioether (sulfide) groups is 1. The molecule has 0 saturated heterocycles. The third kappa shape index (κ3) is 2.19. The maximum absolute atomic E-state index is 11.3. The van der Waals surface area contributed by atoms with Crippen LogP contribution in [0.25, 0.3) is 11.3 Å². The summed E-state index contributed by atoms with van der Waals surface area (Å²) >= 11 is 1.46. The zero-order chi connectivity index (χ0) is 12.3. The van der Waals surface area contributed by atoms with Gasteiger partial charge in [-0.05, 0) is 12.3 Å². The molecule has 0 amide bonds. The molecule has 0 spiro atoms. The Hall–Kier alpha value is -2.13. The number of pyridine rings is 1. The monoisotopic (exact) mass is 244 g/mol. The maximum Gasteiger partial charge on any atom is 0.265 e. The second-order valence-corrected chi connectivity index (χ2v) is 3.95. The van der Waals surface area contributed by atoms with E-state index in [9.17, 15) is 4.79 Å². The molecule has 2 rings (SSSR count). The van der Waals surface area contributed by atoms with E-state index in [1.165, 1.54) is 24.0 Å². The molecular formula is C11H8N4OS. The number of nitriles is 1. The van der Waals surface area contributed by atoms with Gasteiger partial charge in [-0.15, -0.1) is 11.8 Å². The maximum atomic E-state index is 11.3. The highest BCUT2D eigenvalue weighted by Gasteiger charge is 2.09. The van der Waals surface area contributed by atoms with E-state index in [1.807, 2.05) is 12.3 Å². The lowest BCUT2D eigenvalue weighted by Crippen LogP contribution is -2.09. The van der Waals surface area contributed by atoms with Gasteiger partial charge in [0, 0.05) is 24.2 Å². The van der Waals surface area contributed by atoms with Gasteiger partial charge in [0.15, 0.2) is 0 Å². The molecule has 0 bridgehead atoms. The van der Waals surface area contributed by atoms with E-state index in [1.54, 1.807) is 12.4 Å². The van der Waals surface area contributed by atoms with E-state index in [2.05, 4.69) is 15.0 Å². The van der Waals surface area contributed by atoms with Crippen LogP contribution in [-0.4, -0.2) is 21.2 Å². The van der Waals surface area contributed by atoms with E-state index >= 15 is 0 Å². The molecule has 0 aromatic carbocycles. The topological polar surface area (TPSA) is 82.4 Å². The molecule has 2 aromatic rings. The van der Waals surface area contributed by atoms with Crippen LogP contribution < -0.4 is 5.56 Å². The van der Waals surface area contributed by atoms with Gasteiger partial charge in [-0.3, -0.25) is 9.78 Å². The van der Waals surface area contributed by atoms with E-state index in [0.29, 0.717) is 11.3 Å². The van der Waals surface area contributed by atoms with Gasteiger partial charge in [0.1, 0.15) is 22.4 Å². The second-order valence-electron chi connectivity index (χ2n) is 3.16. The average Bonchev–Trinajstić information content (AvgIpc) is 2.39. The quantitative estimate of drug-likeness (QED) is 0.808. The Morgan fingerprint density at radius 2 is 2.18 bits per heavy atom. The second kappa shape index (κ2) is 4.80. The highest BCUT2D eigenvalue weighted by Crippen LogP contribution is 2.24. The van der Waals surface area contributed by atoms with Crippen molar-refractivity contribution >= 4 is 11.8 Å². The van der Waals surface area contributed by atoms with Crippen molar-refractivity contribution in [2.45, 2.75) is 5.03 Å². The standard InChI is InChI=1S/C11H8N4OS/c1-17-11-9(13-2-3-14-11)8-4-7(5-12)10(16)15-6-8/h2-4,6H,1H3,(H,15,16). The van der Waals surface area contributed by atoms with Crippen LogP contribution in [0.2, 0.25) is 0 Å². The molecule has 0 aliphatic rings. The lowest BCUT2D eigenvalue weighted by atomic mass is 10.1. The Morgan fingerprint density at radius 1 is 1.41 bits per heavy atom. The predicted molar refractivity (Wildman–Crippen MR) is 64.6 cm³/mol. The van der Waals surface area contributed by atoms with Gasteiger partial charge in [-0.1, -0.05) is 0 Å². The molecule has 17 heavy (non-hydrogen) atoms. The van der Waals surface area contributed by atoms with Crippen molar-refractivity contribution in [1.29, 1.82) is 5.26 Å². The van der Waals surface area contributed by atoms with Gasteiger partial charge in [0.25, 0.3) is 5.56 Å². The number of aromatic nitrogens is 3. The number of hydrogen-bond acceptors (Lipinski definition) is 5. The minimum atomic E-state index is -0.397. The fourth-order valence-corrected chi connectivity index (χ4v) is 1.91. The first kappa shape index (κ1) is 11.4. The summed E-state index contributed by atoms with van der Waals surface area (Å²) in [5.41, 5.74) is 1.01. The average molecular weight is 244 g/mol. The molecule has 0 fully saturated rings. The molecule has 1 N–H and O–H groups in total. The summed E-state index contributed by atoms with van der Waals surface area (Å²) in [5.74, 6) is 0. The van der Waals surface area contributed by atoms with E-state index < -0.39 is 5.56 Å². The zero-order valence-electron chi connectivity index (χ0n) is 8.97. The van der Waals surface area contributed by atoms with Crippen LogP contribution in [0.3, 0.4) is 0 Å². The van der Waals surface area contributed by atoms with Crippen LogP contribution in [-0.2, 0) is 0 Å². The van der Waals surface area contributed by atoms with Crippen LogP contribution in [0, 0.1) is 11.3 Å². The molecule has 0 atom stereocenters. The molecule has 2 heterocycles. The third-order valence-electron chi connectivity index (χ3n) is 2.16. The van der Waals surface area contributed by atoms with Crippen LogP contribution in [0.1, 0.15) is 5.56 Å². The number of nitrogens with one attached hydrogen (secondary N) is 1. The summed E-state index contributed by atoms with van der Waals surface area (Å²) in [6.07, 6.45) is 6.61. The van der Waals surface area contributed by atoms with E-state index in [-0.39, 0.29) is 5.56 Å². The summed E-state index contributed by atoms with van der Waals surface area (Å²) < 4.78 is 0. The fourth-order valence-electron chi connectivity index (χ4n) is 1.38. The van der Waals surface area contributed by atoms with Crippen molar-refractivity contribution in [1.82, 2.24) is 15.0 Å². The molecule has 6 heteroatoms. The smallest absolute Gasteiger partial charge is 0.265 e. The minimum Gasteiger partial charge on any atom is -0.327 e. The van der Waals surface area contributed by atoms with Gasteiger partial charge in [-0.2, -0.15) is 5.26 Å².